The van der Waals surface area contributed by atoms with Crippen molar-refractivity contribution in [2.45, 2.75) is 19.3 Å². The van der Waals surface area contributed by atoms with Crippen LogP contribution in [0.25, 0.3) is 0 Å². The molecule has 1 aliphatic rings. The Morgan fingerprint density at radius 3 is 2.73 bits per heavy atom. The van der Waals surface area contributed by atoms with Crippen LogP contribution < -0.4 is 5.32 Å². The molecule has 2 N–H and O–H groups in total. The molecule has 0 radical (unpaired) electrons. The lowest BCUT2D eigenvalue weighted by Gasteiger charge is -2.38. The van der Waals surface area contributed by atoms with Crippen LogP contribution in [0.2, 0.25) is 0 Å². The molecule has 82 valence electrons. The van der Waals surface area contributed by atoms with Crippen LogP contribution in [0.15, 0.2) is 15.9 Å². The van der Waals surface area contributed by atoms with Gasteiger partial charge in [0.1, 0.15) is 0 Å². The third kappa shape index (κ3) is 2.09. The van der Waals surface area contributed by atoms with Crippen molar-refractivity contribution in [2.75, 3.05) is 11.9 Å². The molecule has 0 bridgehead atoms. The predicted molar refractivity (Wildman–Crippen MR) is 64.0 cm³/mol. The standard InChI is InChI=1S/C10H12BrNO2S/c11-7-2-3-8(15-7)12-9(14)10(6-13)4-1-5-10/h2-3,13H,1,4-6H2,(H,12,14). The van der Waals surface area contributed by atoms with Crippen LogP contribution in [0.4, 0.5) is 5.00 Å². The minimum Gasteiger partial charge on any atom is -0.395 e. The van der Waals surface area contributed by atoms with Gasteiger partial charge >= 0.3 is 0 Å². The molecule has 15 heavy (non-hydrogen) atoms. The maximum absolute atomic E-state index is 11.9. The highest BCUT2D eigenvalue weighted by Gasteiger charge is 2.43. The lowest BCUT2D eigenvalue weighted by molar-refractivity contribution is -0.133. The van der Waals surface area contributed by atoms with E-state index in [9.17, 15) is 9.90 Å². The van der Waals surface area contributed by atoms with E-state index in [1.54, 1.807) is 0 Å². The van der Waals surface area contributed by atoms with Crippen molar-refractivity contribution >= 4 is 38.2 Å². The molecule has 0 aromatic carbocycles. The monoisotopic (exact) mass is 289 g/mol. The third-order valence-corrected chi connectivity index (χ3v) is 4.44. The van der Waals surface area contributed by atoms with Crippen molar-refractivity contribution in [3.63, 3.8) is 0 Å². The average molecular weight is 290 g/mol. The number of carbonyl (C=O) groups is 1. The number of amides is 1. The quantitative estimate of drug-likeness (QED) is 0.899. The van der Waals surface area contributed by atoms with Crippen LogP contribution in [-0.2, 0) is 4.79 Å². The Labute approximate surface area is 101 Å². The van der Waals surface area contributed by atoms with Gasteiger partial charge < -0.3 is 10.4 Å². The maximum atomic E-state index is 11.9. The largest absolute Gasteiger partial charge is 0.395 e. The Balaban J connectivity index is 2.03. The summed E-state index contributed by atoms with van der Waals surface area (Å²) in [5.74, 6) is -0.0504. The van der Waals surface area contributed by atoms with E-state index in [4.69, 9.17) is 0 Å². The number of hydrogen-bond donors (Lipinski definition) is 2. The Kier molecular flexibility index (Phi) is 3.13. The summed E-state index contributed by atoms with van der Waals surface area (Å²) in [4.78, 5) is 11.9. The fraction of sp³-hybridized carbons (Fsp3) is 0.500. The minimum atomic E-state index is -0.517. The van der Waals surface area contributed by atoms with Crippen LogP contribution in [0.5, 0.6) is 0 Å². The molecule has 1 aromatic heterocycles. The summed E-state index contributed by atoms with van der Waals surface area (Å²) < 4.78 is 0.990. The molecule has 1 heterocycles. The molecule has 0 atom stereocenters. The topological polar surface area (TPSA) is 49.3 Å². The lowest BCUT2D eigenvalue weighted by atomic mass is 9.69. The molecule has 5 heteroatoms. The number of thiophene rings is 1. The number of aliphatic hydroxyl groups is 1. The minimum absolute atomic E-state index is 0.0502. The van der Waals surface area contributed by atoms with Gasteiger partial charge in [0.15, 0.2) is 0 Å². The second-order valence-electron chi connectivity index (χ2n) is 3.85. The number of rotatable bonds is 3. The summed E-state index contributed by atoms with van der Waals surface area (Å²) in [6.45, 7) is -0.0502. The molecular formula is C10H12BrNO2S. The molecule has 0 unspecified atom stereocenters. The highest BCUT2D eigenvalue weighted by atomic mass is 79.9. The van der Waals surface area contributed by atoms with E-state index in [2.05, 4.69) is 21.2 Å². The first-order valence-corrected chi connectivity index (χ1v) is 6.45. The van der Waals surface area contributed by atoms with Gasteiger partial charge in [-0.1, -0.05) is 6.42 Å². The smallest absolute Gasteiger partial charge is 0.233 e. The van der Waals surface area contributed by atoms with Crippen LogP contribution in [0, 0.1) is 5.41 Å². The second-order valence-corrected chi connectivity index (χ2v) is 6.31. The van der Waals surface area contributed by atoms with E-state index >= 15 is 0 Å². The molecule has 1 aliphatic carbocycles. The number of hydrogen-bond acceptors (Lipinski definition) is 3. The van der Waals surface area contributed by atoms with Crippen molar-refractivity contribution in [1.29, 1.82) is 0 Å². The number of carbonyl (C=O) groups excluding carboxylic acids is 1. The van der Waals surface area contributed by atoms with Crippen molar-refractivity contribution in [3.8, 4) is 0 Å². The van der Waals surface area contributed by atoms with E-state index in [-0.39, 0.29) is 12.5 Å². The third-order valence-electron chi connectivity index (χ3n) is 2.90. The summed E-state index contributed by atoms with van der Waals surface area (Å²) in [5, 5.41) is 12.9. The molecule has 1 saturated carbocycles. The van der Waals surface area contributed by atoms with E-state index < -0.39 is 5.41 Å². The fourth-order valence-corrected chi connectivity index (χ4v) is 2.97. The van der Waals surface area contributed by atoms with Crippen molar-refractivity contribution in [1.82, 2.24) is 0 Å². The fourth-order valence-electron chi connectivity index (χ4n) is 1.69. The number of halogens is 1. The van der Waals surface area contributed by atoms with Crippen molar-refractivity contribution in [3.05, 3.63) is 15.9 Å². The summed E-state index contributed by atoms with van der Waals surface area (Å²) >= 11 is 4.82. The second kappa shape index (κ2) is 4.23. The highest BCUT2D eigenvalue weighted by Crippen LogP contribution is 2.41. The van der Waals surface area contributed by atoms with Crippen LogP contribution in [0.1, 0.15) is 19.3 Å². The highest BCUT2D eigenvalue weighted by molar-refractivity contribution is 9.11. The molecule has 2 rings (SSSR count). The normalized spacial score (nSPS) is 18.3. The average Bonchev–Trinajstić information content (AvgIpc) is 2.50. The van der Waals surface area contributed by atoms with Gasteiger partial charge in [-0.3, -0.25) is 4.79 Å². The molecule has 3 nitrogen and oxygen atoms in total. The number of anilines is 1. The summed E-state index contributed by atoms with van der Waals surface area (Å²) in [6.07, 6.45) is 2.62. The van der Waals surface area contributed by atoms with Gasteiger partial charge in [-0.15, -0.1) is 11.3 Å². The van der Waals surface area contributed by atoms with Gasteiger partial charge in [-0.2, -0.15) is 0 Å². The molecule has 1 fully saturated rings. The van der Waals surface area contributed by atoms with Crippen molar-refractivity contribution < 1.29 is 9.90 Å². The Bertz CT molecular complexity index is 368. The first-order valence-electron chi connectivity index (χ1n) is 4.84. The van der Waals surface area contributed by atoms with E-state index in [0.29, 0.717) is 0 Å². The number of aliphatic hydroxyl groups excluding tert-OH is 1. The zero-order valence-corrected chi connectivity index (χ0v) is 10.5. The summed E-state index contributed by atoms with van der Waals surface area (Å²) in [7, 11) is 0. The molecule has 1 amide bonds. The summed E-state index contributed by atoms with van der Waals surface area (Å²) in [5.41, 5.74) is -0.517. The van der Waals surface area contributed by atoms with Crippen LogP contribution in [-0.4, -0.2) is 17.6 Å². The zero-order valence-electron chi connectivity index (χ0n) is 8.12. The van der Waals surface area contributed by atoms with E-state index in [1.165, 1.54) is 11.3 Å². The maximum Gasteiger partial charge on any atom is 0.233 e. The predicted octanol–water partition coefficient (Wildman–Crippen LogP) is 2.61. The Morgan fingerprint density at radius 1 is 1.60 bits per heavy atom. The first kappa shape index (κ1) is 11.1. The van der Waals surface area contributed by atoms with Gasteiger partial charge in [0.2, 0.25) is 5.91 Å². The van der Waals surface area contributed by atoms with Gasteiger partial charge in [-0.05, 0) is 40.9 Å². The molecular weight excluding hydrogens is 278 g/mol. The SMILES string of the molecule is O=C(Nc1ccc(Br)s1)C1(CO)CCC1. The molecule has 0 saturated heterocycles. The molecule has 0 spiro atoms. The van der Waals surface area contributed by atoms with Gasteiger partial charge in [0, 0.05) is 0 Å². The number of nitrogens with one attached hydrogen (secondary N) is 1. The Hall–Kier alpha value is -0.390. The van der Waals surface area contributed by atoms with Crippen LogP contribution in [0.3, 0.4) is 0 Å². The van der Waals surface area contributed by atoms with Crippen LogP contribution >= 0.6 is 27.3 Å². The zero-order chi connectivity index (χ0) is 10.9. The molecule has 1 aromatic rings. The molecule has 0 aliphatic heterocycles. The van der Waals surface area contributed by atoms with Crippen molar-refractivity contribution in [2.24, 2.45) is 5.41 Å². The lowest BCUT2D eigenvalue weighted by Crippen LogP contribution is -2.44. The Morgan fingerprint density at radius 2 is 2.33 bits per heavy atom. The van der Waals surface area contributed by atoms with Gasteiger partial charge in [0.05, 0.1) is 20.8 Å². The van der Waals surface area contributed by atoms with Gasteiger partial charge in [-0.25, -0.2) is 0 Å². The van der Waals surface area contributed by atoms with E-state index in [0.717, 1.165) is 28.0 Å². The van der Waals surface area contributed by atoms with Gasteiger partial charge in [0.25, 0.3) is 0 Å². The first-order chi connectivity index (χ1) is 7.16. The summed E-state index contributed by atoms with van der Waals surface area (Å²) in [6, 6.07) is 3.75. The van der Waals surface area contributed by atoms with E-state index in [1.807, 2.05) is 12.1 Å².